The van der Waals surface area contributed by atoms with Gasteiger partial charge in [0.05, 0.1) is 59.8 Å². The molecule has 2 N–H and O–H groups in total. The van der Waals surface area contributed by atoms with Crippen LogP contribution in [0.25, 0.3) is 10.6 Å². The van der Waals surface area contributed by atoms with Crippen molar-refractivity contribution < 1.29 is 22.7 Å². The summed E-state index contributed by atoms with van der Waals surface area (Å²) in [7, 11) is -3.44. The summed E-state index contributed by atoms with van der Waals surface area (Å²) in [5.41, 5.74) is 1.53. The van der Waals surface area contributed by atoms with Crippen LogP contribution in [0.5, 0.6) is 5.88 Å². The number of anilines is 1. The van der Waals surface area contributed by atoms with Gasteiger partial charge in [-0.25, -0.2) is 18.4 Å². The number of pyridine rings is 1. The van der Waals surface area contributed by atoms with Gasteiger partial charge < -0.3 is 14.8 Å². The molecule has 208 valence electrons. The van der Waals surface area contributed by atoms with Crippen LogP contribution in [0.15, 0.2) is 36.9 Å². The number of nitrogens with one attached hydrogen (secondary N) is 2. The molecular formula is C25H31N7O5S2. The number of carbonyl (C=O) groups excluding carboxylic acids is 1. The average molecular weight is 574 g/mol. The number of sulfonamides is 1. The van der Waals surface area contributed by atoms with Gasteiger partial charge in [0.15, 0.2) is 5.01 Å². The van der Waals surface area contributed by atoms with E-state index in [4.69, 9.17) is 9.47 Å². The normalized spacial score (nSPS) is 18.9. The molecule has 1 aliphatic heterocycles. The summed E-state index contributed by atoms with van der Waals surface area (Å²) in [6.07, 6.45) is 7.59. The van der Waals surface area contributed by atoms with Crippen LogP contribution in [0.3, 0.4) is 0 Å². The number of hydrogen-bond donors (Lipinski definition) is 2. The molecule has 14 heteroatoms. The molecule has 2 atom stereocenters. The van der Waals surface area contributed by atoms with Crippen LogP contribution >= 0.6 is 11.3 Å². The van der Waals surface area contributed by atoms with E-state index in [2.05, 4.69) is 41.8 Å². The molecule has 39 heavy (non-hydrogen) atoms. The van der Waals surface area contributed by atoms with Crippen LogP contribution in [-0.2, 0) is 14.8 Å². The third kappa shape index (κ3) is 6.87. The van der Waals surface area contributed by atoms with E-state index >= 15 is 0 Å². The zero-order chi connectivity index (χ0) is 27.4. The van der Waals surface area contributed by atoms with Gasteiger partial charge in [0.2, 0.25) is 15.9 Å². The molecule has 0 spiro atoms. The van der Waals surface area contributed by atoms with Crippen LogP contribution in [0.4, 0.5) is 5.69 Å². The van der Waals surface area contributed by atoms with Crippen molar-refractivity contribution in [2.45, 2.75) is 44.0 Å². The Morgan fingerprint density at radius 1 is 1.28 bits per heavy atom. The molecule has 2 aliphatic rings. The Hall–Kier alpha value is -3.20. The quantitative estimate of drug-likeness (QED) is 0.350. The summed E-state index contributed by atoms with van der Waals surface area (Å²) in [6.45, 7) is 6.76. The van der Waals surface area contributed by atoms with E-state index in [-0.39, 0.29) is 22.2 Å². The molecule has 3 aromatic rings. The minimum Gasteiger partial charge on any atom is -0.477 e. The summed E-state index contributed by atoms with van der Waals surface area (Å²) in [5, 5.41) is 2.98. The summed E-state index contributed by atoms with van der Waals surface area (Å²) in [5.74, 6) is 0.0363. The molecule has 1 saturated heterocycles. The Bertz CT molecular complexity index is 1410. The zero-order valence-corrected chi connectivity index (χ0v) is 23.4. The molecule has 1 aliphatic carbocycles. The summed E-state index contributed by atoms with van der Waals surface area (Å²) < 4.78 is 38.7. The Balaban J connectivity index is 1.36. The SMILES string of the molecule is CCOc1cncc(-c2cnc(C(=O)N[C@@H](CN3CCOC[C@@H]3C)c3cc(NS(=O)(=O)C4CC4)ccn3)s2)n1. The smallest absolute Gasteiger partial charge is 0.280 e. The van der Waals surface area contributed by atoms with Gasteiger partial charge >= 0.3 is 0 Å². The predicted molar refractivity (Wildman–Crippen MR) is 146 cm³/mol. The maximum Gasteiger partial charge on any atom is 0.280 e. The molecule has 0 bridgehead atoms. The number of hydrogen-bond acceptors (Lipinski definition) is 11. The van der Waals surface area contributed by atoms with Crippen molar-refractivity contribution in [2.75, 3.05) is 37.6 Å². The van der Waals surface area contributed by atoms with Crippen molar-refractivity contribution >= 4 is 33.0 Å². The standard InChI is InChI=1S/C25H31N7O5S2/c1-3-37-23-13-26-11-20(29-23)22-12-28-25(38-22)24(33)30-21(14-32-8-9-36-15-16(32)2)19-10-17(6-7-27-19)31-39(34,35)18-4-5-18/h6-7,10-13,16,18,21H,3-5,8-9,14-15H2,1-2H3,(H,27,31)(H,30,33)/t16-,21-/m0/s1. The van der Waals surface area contributed by atoms with Gasteiger partial charge in [-0.05, 0) is 38.8 Å². The van der Waals surface area contributed by atoms with Crippen molar-refractivity contribution in [1.82, 2.24) is 30.2 Å². The van der Waals surface area contributed by atoms with Gasteiger partial charge in [-0.2, -0.15) is 0 Å². The topological polar surface area (TPSA) is 149 Å². The fourth-order valence-electron chi connectivity index (χ4n) is 4.21. The Labute approximate surface area is 231 Å². The van der Waals surface area contributed by atoms with Crippen LogP contribution in [0.1, 0.15) is 48.2 Å². The lowest BCUT2D eigenvalue weighted by Gasteiger charge is -2.35. The second-order valence-corrected chi connectivity index (χ2v) is 12.5. The first kappa shape index (κ1) is 27.4. The third-order valence-corrected chi connectivity index (χ3v) is 9.33. The van der Waals surface area contributed by atoms with E-state index in [0.29, 0.717) is 73.6 Å². The van der Waals surface area contributed by atoms with E-state index < -0.39 is 16.1 Å². The predicted octanol–water partition coefficient (Wildman–Crippen LogP) is 2.49. The third-order valence-electron chi connectivity index (χ3n) is 6.45. The molecule has 1 saturated carbocycles. The van der Waals surface area contributed by atoms with E-state index in [1.54, 1.807) is 30.7 Å². The zero-order valence-electron chi connectivity index (χ0n) is 21.7. The van der Waals surface area contributed by atoms with E-state index in [1.165, 1.54) is 17.5 Å². The highest BCUT2D eigenvalue weighted by molar-refractivity contribution is 7.93. The molecule has 12 nitrogen and oxygen atoms in total. The lowest BCUT2D eigenvalue weighted by atomic mass is 10.1. The minimum absolute atomic E-state index is 0.150. The highest BCUT2D eigenvalue weighted by Gasteiger charge is 2.36. The molecule has 2 fully saturated rings. The number of carbonyl (C=O) groups is 1. The molecule has 5 rings (SSSR count). The average Bonchev–Trinajstić information content (AvgIpc) is 3.68. The molecular weight excluding hydrogens is 542 g/mol. The monoisotopic (exact) mass is 573 g/mol. The van der Waals surface area contributed by atoms with Crippen LogP contribution in [-0.4, -0.2) is 83.4 Å². The first-order valence-electron chi connectivity index (χ1n) is 12.8. The van der Waals surface area contributed by atoms with E-state index in [9.17, 15) is 13.2 Å². The maximum atomic E-state index is 13.4. The summed E-state index contributed by atoms with van der Waals surface area (Å²) in [4.78, 5) is 33.7. The van der Waals surface area contributed by atoms with Crippen molar-refractivity contribution in [2.24, 2.45) is 0 Å². The van der Waals surface area contributed by atoms with Gasteiger partial charge in [-0.3, -0.25) is 24.4 Å². The van der Waals surface area contributed by atoms with Crippen LogP contribution < -0.4 is 14.8 Å². The number of morpholine rings is 1. The van der Waals surface area contributed by atoms with Crippen molar-refractivity contribution in [3.63, 3.8) is 0 Å². The van der Waals surface area contributed by atoms with Gasteiger partial charge in [-0.1, -0.05) is 0 Å². The van der Waals surface area contributed by atoms with Crippen molar-refractivity contribution in [1.29, 1.82) is 0 Å². The minimum atomic E-state index is -3.44. The van der Waals surface area contributed by atoms with E-state index in [0.717, 1.165) is 0 Å². The molecule has 0 unspecified atom stereocenters. The van der Waals surface area contributed by atoms with Gasteiger partial charge in [0.25, 0.3) is 5.91 Å². The highest BCUT2D eigenvalue weighted by Crippen LogP contribution is 2.30. The molecule has 1 amide bonds. The van der Waals surface area contributed by atoms with Crippen LogP contribution in [0, 0.1) is 0 Å². The number of aromatic nitrogens is 4. The Kier molecular flexibility index (Phi) is 8.35. The summed E-state index contributed by atoms with van der Waals surface area (Å²) >= 11 is 1.20. The lowest BCUT2D eigenvalue weighted by molar-refractivity contribution is -0.00449. The first-order valence-corrected chi connectivity index (χ1v) is 15.2. The fourth-order valence-corrected chi connectivity index (χ4v) is 6.36. The second-order valence-electron chi connectivity index (χ2n) is 9.47. The highest BCUT2D eigenvalue weighted by atomic mass is 32.2. The number of nitrogens with zero attached hydrogens (tertiary/aromatic N) is 5. The molecule has 4 heterocycles. The van der Waals surface area contributed by atoms with E-state index in [1.807, 2.05) is 6.92 Å². The largest absolute Gasteiger partial charge is 0.477 e. The van der Waals surface area contributed by atoms with Crippen molar-refractivity contribution in [3.8, 4) is 16.5 Å². The maximum absolute atomic E-state index is 13.4. The fraction of sp³-hybridized carbons (Fsp3) is 0.480. The number of rotatable bonds is 11. The summed E-state index contributed by atoms with van der Waals surface area (Å²) in [6, 6.07) is 2.93. The first-order chi connectivity index (χ1) is 18.8. The van der Waals surface area contributed by atoms with Gasteiger partial charge in [0, 0.05) is 31.5 Å². The Morgan fingerprint density at radius 3 is 2.90 bits per heavy atom. The second kappa shape index (κ2) is 11.9. The molecule has 0 aromatic carbocycles. The Morgan fingerprint density at radius 2 is 2.13 bits per heavy atom. The molecule has 0 radical (unpaired) electrons. The van der Waals surface area contributed by atoms with Crippen molar-refractivity contribution in [3.05, 3.63) is 47.6 Å². The lowest BCUT2D eigenvalue weighted by Crippen LogP contribution is -2.48. The number of amides is 1. The number of ether oxygens (including phenoxy) is 2. The van der Waals surface area contributed by atoms with Gasteiger partial charge in [0.1, 0.15) is 5.69 Å². The molecule has 3 aromatic heterocycles. The number of thiazole rings is 1. The van der Waals surface area contributed by atoms with Crippen LogP contribution in [0.2, 0.25) is 0 Å². The van der Waals surface area contributed by atoms with Gasteiger partial charge in [-0.15, -0.1) is 11.3 Å².